The zero-order valence-corrected chi connectivity index (χ0v) is 11.9. The molecule has 2 aromatic carbocycles. The van der Waals surface area contributed by atoms with Crippen molar-refractivity contribution in [3.05, 3.63) is 46.5 Å². The fraction of sp³-hybridized carbons (Fsp3) is 0.200. The van der Waals surface area contributed by atoms with E-state index < -0.39 is 0 Å². The summed E-state index contributed by atoms with van der Waals surface area (Å²) in [7, 11) is 1.60. The van der Waals surface area contributed by atoms with Gasteiger partial charge in [-0.05, 0) is 49.2 Å². The Morgan fingerprint density at radius 2 is 1.63 bits per heavy atom. The predicted octanol–water partition coefficient (Wildman–Crippen LogP) is 4.34. The van der Waals surface area contributed by atoms with Crippen molar-refractivity contribution in [1.82, 2.24) is 0 Å². The molecule has 0 radical (unpaired) electrons. The molecule has 0 aromatic heterocycles. The van der Waals surface area contributed by atoms with Crippen molar-refractivity contribution in [1.29, 1.82) is 0 Å². The zero-order valence-electron chi connectivity index (χ0n) is 11.2. The molecule has 4 heteroatoms. The monoisotopic (exact) mass is 277 g/mol. The molecule has 0 aliphatic rings. The first-order chi connectivity index (χ1) is 9.01. The van der Waals surface area contributed by atoms with Gasteiger partial charge in [-0.1, -0.05) is 11.6 Å². The van der Waals surface area contributed by atoms with Crippen molar-refractivity contribution >= 4 is 17.3 Å². The number of nitrogens with two attached hydrogens (primary N) is 1. The molecule has 100 valence electrons. The molecule has 2 N–H and O–H groups in total. The van der Waals surface area contributed by atoms with E-state index in [1.165, 1.54) is 0 Å². The summed E-state index contributed by atoms with van der Waals surface area (Å²) >= 11 is 6.13. The summed E-state index contributed by atoms with van der Waals surface area (Å²) in [5.41, 5.74) is 8.40. The molecule has 19 heavy (non-hydrogen) atoms. The third-order valence-corrected chi connectivity index (χ3v) is 3.45. The van der Waals surface area contributed by atoms with Gasteiger partial charge in [0.15, 0.2) is 5.75 Å². The molecule has 0 aliphatic heterocycles. The molecule has 0 fully saturated rings. The number of benzene rings is 2. The van der Waals surface area contributed by atoms with Crippen LogP contribution in [0.15, 0.2) is 30.3 Å². The van der Waals surface area contributed by atoms with Crippen molar-refractivity contribution in [2.75, 3.05) is 12.8 Å². The third-order valence-electron chi connectivity index (χ3n) is 2.85. The summed E-state index contributed by atoms with van der Waals surface area (Å²) < 4.78 is 10.9. The maximum absolute atomic E-state index is 6.13. The molecule has 0 atom stereocenters. The molecule has 0 bridgehead atoms. The number of hydrogen-bond donors (Lipinski definition) is 1. The van der Waals surface area contributed by atoms with Gasteiger partial charge in [-0.25, -0.2) is 0 Å². The van der Waals surface area contributed by atoms with Crippen LogP contribution in [-0.4, -0.2) is 7.11 Å². The minimum atomic E-state index is 0.532. The van der Waals surface area contributed by atoms with Crippen LogP contribution in [0.5, 0.6) is 17.2 Å². The van der Waals surface area contributed by atoms with E-state index in [0.717, 1.165) is 21.9 Å². The van der Waals surface area contributed by atoms with Gasteiger partial charge in [0.25, 0.3) is 0 Å². The molecule has 2 aromatic rings. The van der Waals surface area contributed by atoms with Gasteiger partial charge in [0.1, 0.15) is 11.5 Å². The minimum absolute atomic E-state index is 0.532. The molecule has 0 unspecified atom stereocenters. The quantitative estimate of drug-likeness (QED) is 0.849. The van der Waals surface area contributed by atoms with Gasteiger partial charge in [0.05, 0.1) is 12.8 Å². The number of halogens is 1. The first-order valence-corrected chi connectivity index (χ1v) is 6.27. The maximum Gasteiger partial charge on any atom is 0.150 e. The van der Waals surface area contributed by atoms with Crippen molar-refractivity contribution in [3.63, 3.8) is 0 Å². The highest BCUT2D eigenvalue weighted by Gasteiger charge is 2.07. The van der Waals surface area contributed by atoms with Crippen molar-refractivity contribution in [2.24, 2.45) is 0 Å². The Morgan fingerprint density at radius 1 is 1.00 bits per heavy atom. The Hall–Kier alpha value is -1.87. The standard InChI is InChI=1S/C15H16ClNO2/c1-9-6-12(7-10(2)15(9)16)19-14-5-4-11(18-3)8-13(14)17/h4-8H,17H2,1-3H3. The second-order valence-corrected chi connectivity index (χ2v) is 4.75. The average Bonchev–Trinajstić information content (AvgIpc) is 2.38. The molecule has 0 amide bonds. The number of nitrogen functional groups attached to an aromatic ring is 1. The van der Waals surface area contributed by atoms with Crippen LogP contribution >= 0.6 is 11.6 Å². The average molecular weight is 278 g/mol. The van der Waals surface area contributed by atoms with E-state index in [0.29, 0.717) is 17.2 Å². The van der Waals surface area contributed by atoms with Gasteiger partial charge in [0, 0.05) is 11.1 Å². The smallest absolute Gasteiger partial charge is 0.150 e. The topological polar surface area (TPSA) is 44.5 Å². The lowest BCUT2D eigenvalue weighted by Gasteiger charge is -2.12. The van der Waals surface area contributed by atoms with Gasteiger partial charge in [-0.3, -0.25) is 0 Å². The number of methoxy groups -OCH3 is 1. The summed E-state index contributed by atoms with van der Waals surface area (Å²) in [4.78, 5) is 0. The molecule has 0 spiro atoms. The normalized spacial score (nSPS) is 10.3. The second kappa shape index (κ2) is 5.41. The Morgan fingerprint density at radius 3 is 2.16 bits per heavy atom. The molecule has 0 heterocycles. The van der Waals surface area contributed by atoms with Crippen molar-refractivity contribution in [3.8, 4) is 17.2 Å². The summed E-state index contributed by atoms with van der Waals surface area (Å²) in [5.74, 6) is 2.02. The molecular weight excluding hydrogens is 262 g/mol. The summed E-state index contributed by atoms with van der Waals surface area (Å²) in [5, 5.41) is 0.759. The fourth-order valence-corrected chi connectivity index (χ4v) is 1.95. The van der Waals surface area contributed by atoms with Crippen LogP contribution in [0.1, 0.15) is 11.1 Å². The highest BCUT2D eigenvalue weighted by Crippen LogP contribution is 2.33. The molecule has 3 nitrogen and oxygen atoms in total. The number of anilines is 1. The van der Waals surface area contributed by atoms with Crippen LogP contribution in [0.4, 0.5) is 5.69 Å². The lowest BCUT2D eigenvalue weighted by Crippen LogP contribution is -1.94. The van der Waals surface area contributed by atoms with E-state index in [1.54, 1.807) is 25.3 Å². The van der Waals surface area contributed by atoms with Gasteiger partial charge < -0.3 is 15.2 Å². The number of hydrogen-bond acceptors (Lipinski definition) is 3. The van der Waals surface area contributed by atoms with Crippen molar-refractivity contribution in [2.45, 2.75) is 13.8 Å². The first kappa shape index (κ1) is 13.6. The van der Waals surface area contributed by atoms with Crippen LogP contribution in [0.3, 0.4) is 0 Å². The summed E-state index contributed by atoms with van der Waals surface area (Å²) in [6.45, 7) is 3.89. The van der Waals surface area contributed by atoms with E-state index in [2.05, 4.69) is 0 Å². The van der Waals surface area contributed by atoms with Gasteiger partial charge in [0.2, 0.25) is 0 Å². The van der Waals surface area contributed by atoms with Crippen LogP contribution in [0, 0.1) is 13.8 Å². The SMILES string of the molecule is COc1ccc(Oc2cc(C)c(Cl)c(C)c2)c(N)c1. The molecule has 0 aliphatic carbocycles. The number of aryl methyl sites for hydroxylation is 2. The Labute approximate surface area is 117 Å². The maximum atomic E-state index is 6.13. The predicted molar refractivity (Wildman–Crippen MR) is 78.4 cm³/mol. The molecule has 0 saturated heterocycles. The lowest BCUT2D eigenvalue weighted by atomic mass is 10.1. The fourth-order valence-electron chi connectivity index (χ4n) is 1.84. The number of ether oxygens (including phenoxy) is 2. The zero-order chi connectivity index (χ0) is 14.0. The van der Waals surface area contributed by atoms with Gasteiger partial charge in [-0.2, -0.15) is 0 Å². The van der Waals surface area contributed by atoms with Crippen LogP contribution in [-0.2, 0) is 0 Å². The molecule has 2 rings (SSSR count). The second-order valence-electron chi connectivity index (χ2n) is 4.38. The van der Waals surface area contributed by atoms with E-state index >= 15 is 0 Å². The first-order valence-electron chi connectivity index (χ1n) is 5.89. The summed E-state index contributed by atoms with van der Waals surface area (Å²) in [6.07, 6.45) is 0. The van der Waals surface area contributed by atoms with Crippen molar-refractivity contribution < 1.29 is 9.47 Å². The van der Waals surface area contributed by atoms with Crippen LogP contribution in [0.2, 0.25) is 5.02 Å². The molecular formula is C15H16ClNO2. The van der Waals surface area contributed by atoms with E-state index in [-0.39, 0.29) is 0 Å². The van der Waals surface area contributed by atoms with Gasteiger partial charge in [-0.15, -0.1) is 0 Å². The lowest BCUT2D eigenvalue weighted by molar-refractivity contribution is 0.413. The minimum Gasteiger partial charge on any atom is -0.497 e. The van der Waals surface area contributed by atoms with E-state index in [9.17, 15) is 0 Å². The van der Waals surface area contributed by atoms with E-state index in [1.807, 2.05) is 26.0 Å². The largest absolute Gasteiger partial charge is 0.497 e. The van der Waals surface area contributed by atoms with E-state index in [4.69, 9.17) is 26.8 Å². The Kier molecular flexibility index (Phi) is 3.86. The number of rotatable bonds is 3. The third kappa shape index (κ3) is 2.93. The highest BCUT2D eigenvalue weighted by atomic mass is 35.5. The highest BCUT2D eigenvalue weighted by molar-refractivity contribution is 6.32. The van der Waals surface area contributed by atoms with Crippen LogP contribution in [0.25, 0.3) is 0 Å². The Balaban J connectivity index is 2.31. The van der Waals surface area contributed by atoms with Crippen LogP contribution < -0.4 is 15.2 Å². The molecule has 0 saturated carbocycles. The van der Waals surface area contributed by atoms with Gasteiger partial charge >= 0.3 is 0 Å². The Bertz CT molecular complexity index is 588. The summed E-state index contributed by atoms with van der Waals surface area (Å²) in [6, 6.07) is 9.09.